The Hall–Kier alpha value is -1.17. The summed E-state index contributed by atoms with van der Waals surface area (Å²) in [7, 11) is -1.85. The minimum atomic E-state index is -3.43. The van der Waals surface area contributed by atoms with Gasteiger partial charge in [-0.15, -0.1) is 0 Å². The van der Waals surface area contributed by atoms with Crippen LogP contribution in [0.25, 0.3) is 0 Å². The lowest BCUT2D eigenvalue weighted by Gasteiger charge is -2.17. The first kappa shape index (κ1) is 14.2. The Morgan fingerprint density at radius 2 is 1.74 bits per heavy atom. The fourth-order valence-corrected chi connectivity index (χ4v) is 3.38. The van der Waals surface area contributed by atoms with Crippen LogP contribution in [0.2, 0.25) is 0 Å². The topological polar surface area (TPSA) is 37.4 Å². The Morgan fingerprint density at radius 1 is 1.05 bits per heavy atom. The molecular weight excluding hydrogens is 326 g/mol. The van der Waals surface area contributed by atoms with E-state index in [-0.39, 0.29) is 0 Å². The summed E-state index contributed by atoms with van der Waals surface area (Å²) < 4.78 is 27.0. The summed E-state index contributed by atoms with van der Waals surface area (Å²) in [6.07, 6.45) is 0. The maximum atomic E-state index is 12.3. The van der Waals surface area contributed by atoms with Crippen LogP contribution in [0.3, 0.4) is 0 Å². The van der Waals surface area contributed by atoms with Crippen molar-refractivity contribution in [1.29, 1.82) is 0 Å². The van der Waals surface area contributed by atoms with Crippen LogP contribution in [0.1, 0.15) is 5.56 Å². The molecule has 5 heteroatoms. The number of hydrogen-bond donors (Lipinski definition) is 0. The molecule has 0 heterocycles. The first-order valence-electron chi connectivity index (χ1n) is 5.76. The fraction of sp³-hybridized carbons (Fsp3) is 0.143. The average molecular weight is 340 g/mol. The van der Waals surface area contributed by atoms with Crippen LogP contribution in [0.4, 0.5) is 0 Å². The van der Waals surface area contributed by atoms with E-state index in [2.05, 4.69) is 15.9 Å². The van der Waals surface area contributed by atoms with E-state index in [1.54, 1.807) is 37.4 Å². The lowest BCUT2D eigenvalue weighted by molar-refractivity contribution is 0.466. The molecule has 2 aromatic rings. The second-order valence-electron chi connectivity index (χ2n) is 4.20. The molecule has 0 saturated heterocycles. The summed E-state index contributed by atoms with van der Waals surface area (Å²) in [5.41, 5.74) is 0.941. The van der Waals surface area contributed by atoms with E-state index in [1.807, 2.05) is 24.3 Å². The Balaban J connectivity index is 2.23. The molecule has 0 radical (unpaired) electrons. The standard InChI is InChI=1S/C14H14BrNO2S/c1-16(11-12-6-5-7-13(15)10-12)19(17,18)14-8-3-2-4-9-14/h2-10H,11H2,1H3. The van der Waals surface area contributed by atoms with Crippen molar-refractivity contribution in [3.63, 3.8) is 0 Å². The van der Waals surface area contributed by atoms with Gasteiger partial charge in [-0.25, -0.2) is 8.42 Å². The van der Waals surface area contributed by atoms with E-state index in [9.17, 15) is 8.42 Å². The molecule has 0 N–H and O–H groups in total. The zero-order chi connectivity index (χ0) is 13.9. The lowest BCUT2D eigenvalue weighted by atomic mass is 10.2. The molecule has 3 nitrogen and oxygen atoms in total. The van der Waals surface area contributed by atoms with Crippen LogP contribution in [0, 0.1) is 0 Å². The molecule has 100 valence electrons. The molecule has 0 bridgehead atoms. The molecule has 0 aliphatic rings. The molecule has 0 amide bonds. The molecule has 0 fully saturated rings. The third kappa shape index (κ3) is 3.43. The normalized spacial score (nSPS) is 11.7. The summed E-state index contributed by atoms with van der Waals surface area (Å²) in [5.74, 6) is 0. The molecule has 19 heavy (non-hydrogen) atoms. The second-order valence-corrected chi connectivity index (χ2v) is 7.16. The third-order valence-corrected chi connectivity index (χ3v) is 5.06. The minimum Gasteiger partial charge on any atom is -0.207 e. The van der Waals surface area contributed by atoms with Crippen molar-refractivity contribution >= 4 is 26.0 Å². The minimum absolute atomic E-state index is 0.312. The second kappa shape index (κ2) is 5.86. The van der Waals surface area contributed by atoms with Gasteiger partial charge in [0.1, 0.15) is 0 Å². The van der Waals surface area contributed by atoms with E-state index in [0.29, 0.717) is 11.4 Å². The predicted octanol–water partition coefficient (Wildman–Crippen LogP) is 3.27. The van der Waals surface area contributed by atoms with Gasteiger partial charge in [0.15, 0.2) is 0 Å². The van der Waals surface area contributed by atoms with Crippen LogP contribution in [-0.2, 0) is 16.6 Å². The molecule has 0 unspecified atom stereocenters. The summed E-state index contributed by atoms with van der Waals surface area (Å²) in [6.45, 7) is 0.344. The number of rotatable bonds is 4. The van der Waals surface area contributed by atoms with E-state index in [1.165, 1.54) is 4.31 Å². The molecule has 0 spiro atoms. The molecule has 0 saturated carbocycles. The van der Waals surface area contributed by atoms with Crippen molar-refractivity contribution in [2.45, 2.75) is 11.4 Å². The quantitative estimate of drug-likeness (QED) is 0.857. The zero-order valence-corrected chi connectivity index (χ0v) is 12.9. The van der Waals surface area contributed by atoms with Crippen molar-refractivity contribution in [3.8, 4) is 0 Å². The van der Waals surface area contributed by atoms with Gasteiger partial charge >= 0.3 is 0 Å². The number of benzene rings is 2. The van der Waals surface area contributed by atoms with Gasteiger partial charge in [-0.2, -0.15) is 4.31 Å². The van der Waals surface area contributed by atoms with Crippen LogP contribution >= 0.6 is 15.9 Å². The monoisotopic (exact) mass is 339 g/mol. The van der Waals surface area contributed by atoms with Gasteiger partial charge in [-0.3, -0.25) is 0 Å². The smallest absolute Gasteiger partial charge is 0.207 e. The van der Waals surface area contributed by atoms with Crippen LogP contribution in [0.5, 0.6) is 0 Å². The van der Waals surface area contributed by atoms with Gasteiger partial charge in [-0.05, 0) is 29.8 Å². The molecule has 0 aliphatic carbocycles. The summed E-state index contributed by atoms with van der Waals surface area (Å²) in [5, 5.41) is 0. The van der Waals surface area contributed by atoms with E-state index in [4.69, 9.17) is 0 Å². The third-order valence-electron chi connectivity index (χ3n) is 2.75. The lowest BCUT2D eigenvalue weighted by Crippen LogP contribution is -2.26. The largest absolute Gasteiger partial charge is 0.243 e. The van der Waals surface area contributed by atoms with Gasteiger partial charge in [0, 0.05) is 18.1 Å². The highest BCUT2D eigenvalue weighted by molar-refractivity contribution is 9.10. The van der Waals surface area contributed by atoms with Crippen molar-refractivity contribution in [3.05, 3.63) is 64.6 Å². The Morgan fingerprint density at radius 3 is 2.37 bits per heavy atom. The van der Waals surface area contributed by atoms with Crippen molar-refractivity contribution < 1.29 is 8.42 Å². The summed E-state index contributed by atoms with van der Waals surface area (Å²) >= 11 is 3.38. The van der Waals surface area contributed by atoms with E-state index < -0.39 is 10.0 Å². The maximum Gasteiger partial charge on any atom is 0.243 e. The molecule has 0 aromatic heterocycles. The average Bonchev–Trinajstić information content (AvgIpc) is 2.39. The van der Waals surface area contributed by atoms with Gasteiger partial charge in [0.05, 0.1) is 4.90 Å². The first-order valence-corrected chi connectivity index (χ1v) is 7.99. The van der Waals surface area contributed by atoms with Crippen LogP contribution < -0.4 is 0 Å². The summed E-state index contributed by atoms with van der Waals surface area (Å²) in [4.78, 5) is 0.312. The van der Waals surface area contributed by atoms with Crippen molar-refractivity contribution in [1.82, 2.24) is 4.31 Å². The van der Waals surface area contributed by atoms with Gasteiger partial charge in [-0.1, -0.05) is 46.3 Å². The highest BCUT2D eigenvalue weighted by Crippen LogP contribution is 2.18. The number of nitrogens with zero attached hydrogens (tertiary/aromatic N) is 1. The van der Waals surface area contributed by atoms with Crippen molar-refractivity contribution in [2.24, 2.45) is 0 Å². The number of sulfonamides is 1. The molecule has 0 aliphatic heterocycles. The molecule has 2 aromatic carbocycles. The highest BCUT2D eigenvalue weighted by Gasteiger charge is 2.20. The SMILES string of the molecule is CN(Cc1cccc(Br)c1)S(=O)(=O)c1ccccc1. The van der Waals surface area contributed by atoms with E-state index in [0.717, 1.165) is 10.0 Å². The van der Waals surface area contributed by atoms with E-state index >= 15 is 0 Å². The number of hydrogen-bond acceptors (Lipinski definition) is 2. The Labute approximate surface area is 122 Å². The van der Waals surface area contributed by atoms with Gasteiger partial charge in [0.25, 0.3) is 0 Å². The Kier molecular flexibility index (Phi) is 4.39. The zero-order valence-electron chi connectivity index (χ0n) is 10.5. The van der Waals surface area contributed by atoms with Gasteiger partial charge in [0.2, 0.25) is 10.0 Å². The van der Waals surface area contributed by atoms with Crippen LogP contribution in [-0.4, -0.2) is 19.8 Å². The number of halogens is 1. The Bertz CT molecular complexity index is 656. The van der Waals surface area contributed by atoms with Crippen LogP contribution in [0.15, 0.2) is 64.0 Å². The van der Waals surface area contributed by atoms with Gasteiger partial charge < -0.3 is 0 Å². The summed E-state index contributed by atoms with van der Waals surface area (Å²) in [6, 6.07) is 16.1. The molecular formula is C14H14BrNO2S. The van der Waals surface area contributed by atoms with Crippen molar-refractivity contribution in [2.75, 3.05) is 7.05 Å². The fourth-order valence-electron chi connectivity index (χ4n) is 1.75. The predicted molar refractivity (Wildman–Crippen MR) is 79.2 cm³/mol. The maximum absolute atomic E-state index is 12.3. The highest BCUT2D eigenvalue weighted by atomic mass is 79.9. The molecule has 2 rings (SSSR count). The first-order chi connectivity index (χ1) is 9.00. The molecule has 0 atom stereocenters.